The van der Waals surface area contributed by atoms with E-state index >= 15 is 0 Å². The Bertz CT molecular complexity index is 97.5. The second kappa shape index (κ2) is 4.70. The van der Waals surface area contributed by atoms with Gasteiger partial charge in [0.1, 0.15) is 6.79 Å². The van der Waals surface area contributed by atoms with Crippen molar-refractivity contribution in [3.8, 4) is 0 Å². The standard InChI is InChI=1S/C8H16O3/c1-7(2)11-5-8-3-9-6-10-4-8/h7-8H,3-6H2,1-2H3. The van der Waals surface area contributed by atoms with E-state index in [0.29, 0.717) is 18.8 Å². The third-order valence-corrected chi connectivity index (χ3v) is 1.54. The van der Waals surface area contributed by atoms with Gasteiger partial charge in [0, 0.05) is 5.92 Å². The van der Waals surface area contributed by atoms with Crippen LogP contribution in [0.3, 0.4) is 0 Å². The van der Waals surface area contributed by atoms with Crippen molar-refractivity contribution >= 4 is 0 Å². The molecule has 1 saturated heterocycles. The number of hydrogen-bond donors (Lipinski definition) is 0. The molecule has 1 heterocycles. The van der Waals surface area contributed by atoms with Gasteiger partial charge in [0.2, 0.25) is 0 Å². The lowest BCUT2D eigenvalue weighted by Gasteiger charge is -2.22. The van der Waals surface area contributed by atoms with E-state index in [2.05, 4.69) is 0 Å². The highest BCUT2D eigenvalue weighted by Gasteiger charge is 2.14. The molecule has 1 aliphatic heterocycles. The van der Waals surface area contributed by atoms with Crippen molar-refractivity contribution in [2.24, 2.45) is 5.92 Å². The minimum atomic E-state index is 0.303. The van der Waals surface area contributed by atoms with E-state index in [1.807, 2.05) is 13.8 Å². The summed E-state index contributed by atoms with van der Waals surface area (Å²) >= 11 is 0. The molecule has 3 heteroatoms. The maximum absolute atomic E-state index is 5.42. The normalized spacial score (nSPS) is 21.0. The van der Waals surface area contributed by atoms with Crippen LogP contribution in [0.4, 0.5) is 0 Å². The van der Waals surface area contributed by atoms with Crippen molar-refractivity contribution in [3.05, 3.63) is 0 Å². The zero-order valence-corrected chi connectivity index (χ0v) is 7.21. The quantitative estimate of drug-likeness (QED) is 0.617. The van der Waals surface area contributed by atoms with Crippen LogP contribution >= 0.6 is 0 Å². The Labute approximate surface area is 67.6 Å². The van der Waals surface area contributed by atoms with Gasteiger partial charge in [-0.1, -0.05) is 0 Å². The van der Waals surface area contributed by atoms with Gasteiger partial charge in [0.25, 0.3) is 0 Å². The van der Waals surface area contributed by atoms with Gasteiger partial charge in [-0.15, -0.1) is 0 Å². The molecular formula is C8H16O3. The second-order valence-corrected chi connectivity index (χ2v) is 3.11. The molecule has 0 unspecified atom stereocenters. The molecule has 0 N–H and O–H groups in total. The summed E-state index contributed by atoms with van der Waals surface area (Å²) in [5.74, 6) is 0.422. The first kappa shape index (κ1) is 8.97. The minimum Gasteiger partial charge on any atom is -0.378 e. The van der Waals surface area contributed by atoms with Gasteiger partial charge >= 0.3 is 0 Å². The van der Waals surface area contributed by atoms with Crippen molar-refractivity contribution in [2.45, 2.75) is 20.0 Å². The molecule has 1 fully saturated rings. The van der Waals surface area contributed by atoms with E-state index in [-0.39, 0.29) is 0 Å². The lowest BCUT2D eigenvalue weighted by molar-refractivity contribution is -0.141. The predicted octanol–water partition coefficient (Wildman–Crippen LogP) is 1.03. The average molecular weight is 160 g/mol. The Morgan fingerprint density at radius 3 is 2.55 bits per heavy atom. The molecule has 11 heavy (non-hydrogen) atoms. The molecule has 0 aromatic rings. The molecule has 1 aliphatic rings. The highest BCUT2D eigenvalue weighted by atomic mass is 16.7. The van der Waals surface area contributed by atoms with Crippen LogP contribution in [0.25, 0.3) is 0 Å². The molecular weight excluding hydrogens is 144 g/mol. The highest BCUT2D eigenvalue weighted by Crippen LogP contribution is 2.06. The van der Waals surface area contributed by atoms with E-state index in [1.54, 1.807) is 0 Å². The van der Waals surface area contributed by atoms with Crippen molar-refractivity contribution in [2.75, 3.05) is 26.6 Å². The molecule has 0 atom stereocenters. The number of ether oxygens (including phenoxy) is 3. The summed E-state index contributed by atoms with van der Waals surface area (Å²) in [6.45, 7) is 6.80. The zero-order valence-electron chi connectivity index (χ0n) is 7.21. The third-order valence-electron chi connectivity index (χ3n) is 1.54. The van der Waals surface area contributed by atoms with Crippen LogP contribution in [0, 0.1) is 5.92 Å². The van der Waals surface area contributed by atoms with Gasteiger partial charge in [-0.05, 0) is 13.8 Å². The fourth-order valence-corrected chi connectivity index (χ4v) is 0.961. The van der Waals surface area contributed by atoms with Crippen LogP contribution < -0.4 is 0 Å². The fourth-order valence-electron chi connectivity index (χ4n) is 0.961. The van der Waals surface area contributed by atoms with Crippen LogP contribution in [-0.2, 0) is 14.2 Å². The Morgan fingerprint density at radius 2 is 2.00 bits per heavy atom. The van der Waals surface area contributed by atoms with Gasteiger partial charge in [0.15, 0.2) is 0 Å². The SMILES string of the molecule is CC(C)OCC1COCOC1. The van der Waals surface area contributed by atoms with E-state index < -0.39 is 0 Å². The van der Waals surface area contributed by atoms with Crippen LogP contribution in [0.1, 0.15) is 13.8 Å². The Hall–Kier alpha value is -0.120. The molecule has 0 aromatic heterocycles. The summed E-state index contributed by atoms with van der Waals surface area (Å²) in [5.41, 5.74) is 0. The van der Waals surface area contributed by atoms with Crippen molar-refractivity contribution in [1.29, 1.82) is 0 Å². The summed E-state index contributed by atoms with van der Waals surface area (Å²) in [5, 5.41) is 0. The van der Waals surface area contributed by atoms with Crippen molar-refractivity contribution in [1.82, 2.24) is 0 Å². The summed E-state index contributed by atoms with van der Waals surface area (Å²) < 4.78 is 15.6. The van der Waals surface area contributed by atoms with Crippen molar-refractivity contribution in [3.63, 3.8) is 0 Å². The van der Waals surface area contributed by atoms with Gasteiger partial charge in [-0.25, -0.2) is 0 Å². The molecule has 1 rings (SSSR count). The molecule has 0 aromatic carbocycles. The first-order valence-electron chi connectivity index (χ1n) is 4.06. The lowest BCUT2D eigenvalue weighted by Crippen LogP contribution is -2.28. The van der Waals surface area contributed by atoms with E-state index in [4.69, 9.17) is 14.2 Å². The Kier molecular flexibility index (Phi) is 3.83. The number of hydrogen-bond acceptors (Lipinski definition) is 3. The first-order chi connectivity index (χ1) is 5.29. The van der Waals surface area contributed by atoms with E-state index in [0.717, 1.165) is 19.8 Å². The molecule has 0 aliphatic carbocycles. The predicted molar refractivity (Wildman–Crippen MR) is 41.3 cm³/mol. The van der Waals surface area contributed by atoms with E-state index in [9.17, 15) is 0 Å². The summed E-state index contributed by atoms with van der Waals surface area (Å²) in [4.78, 5) is 0. The maximum atomic E-state index is 5.42. The summed E-state index contributed by atoms with van der Waals surface area (Å²) in [6, 6.07) is 0. The second-order valence-electron chi connectivity index (χ2n) is 3.11. The maximum Gasteiger partial charge on any atom is 0.146 e. The van der Waals surface area contributed by atoms with Crippen LogP contribution in [0.5, 0.6) is 0 Å². The Balaban J connectivity index is 2.05. The fraction of sp³-hybridized carbons (Fsp3) is 1.00. The first-order valence-corrected chi connectivity index (χ1v) is 4.06. The molecule has 0 saturated carbocycles. The van der Waals surface area contributed by atoms with Crippen LogP contribution in [0.15, 0.2) is 0 Å². The lowest BCUT2D eigenvalue weighted by atomic mass is 10.2. The monoisotopic (exact) mass is 160 g/mol. The molecule has 0 radical (unpaired) electrons. The van der Waals surface area contributed by atoms with Crippen molar-refractivity contribution < 1.29 is 14.2 Å². The topological polar surface area (TPSA) is 27.7 Å². The molecule has 0 spiro atoms. The molecule has 0 bridgehead atoms. The van der Waals surface area contributed by atoms with E-state index in [1.165, 1.54) is 0 Å². The Morgan fingerprint density at radius 1 is 1.36 bits per heavy atom. The molecule has 66 valence electrons. The third kappa shape index (κ3) is 3.70. The van der Waals surface area contributed by atoms with Crippen LogP contribution in [0.2, 0.25) is 0 Å². The van der Waals surface area contributed by atoms with Crippen LogP contribution in [-0.4, -0.2) is 32.7 Å². The average Bonchev–Trinajstić information content (AvgIpc) is 2.03. The molecule has 0 amide bonds. The summed E-state index contributed by atoms with van der Waals surface area (Å²) in [7, 11) is 0. The highest BCUT2D eigenvalue weighted by molar-refractivity contribution is 4.58. The molecule has 3 nitrogen and oxygen atoms in total. The smallest absolute Gasteiger partial charge is 0.146 e. The van der Waals surface area contributed by atoms with Gasteiger partial charge in [0.05, 0.1) is 25.9 Å². The largest absolute Gasteiger partial charge is 0.378 e. The van der Waals surface area contributed by atoms with Gasteiger partial charge < -0.3 is 14.2 Å². The van der Waals surface area contributed by atoms with Gasteiger partial charge in [-0.2, -0.15) is 0 Å². The summed E-state index contributed by atoms with van der Waals surface area (Å²) in [6.07, 6.45) is 0.303. The zero-order chi connectivity index (χ0) is 8.10. The minimum absolute atomic E-state index is 0.303. The number of rotatable bonds is 3. The van der Waals surface area contributed by atoms with Gasteiger partial charge in [-0.3, -0.25) is 0 Å².